The third kappa shape index (κ3) is 3.28. The van der Waals surface area contributed by atoms with Gasteiger partial charge in [-0.2, -0.15) is 5.10 Å². The lowest BCUT2D eigenvalue weighted by Gasteiger charge is -2.05. The van der Waals surface area contributed by atoms with Gasteiger partial charge in [0, 0.05) is 18.6 Å². The Balaban J connectivity index is 1.90. The Morgan fingerprint density at radius 2 is 2.18 bits per heavy atom. The minimum absolute atomic E-state index is 0.644. The van der Waals surface area contributed by atoms with E-state index < -0.39 is 0 Å². The van der Waals surface area contributed by atoms with Gasteiger partial charge in [-0.1, -0.05) is 23.7 Å². The largest absolute Gasteiger partial charge is 0.306 e. The molecule has 0 saturated heterocycles. The molecule has 4 nitrogen and oxygen atoms in total. The third-order valence-electron chi connectivity index (χ3n) is 2.45. The van der Waals surface area contributed by atoms with Crippen LogP contribution in [-0.2, 0) is 20.1 Å². The highest BCUT2D eigenvalue weighted by Gasteiger charge is 2.02. The zero-order chi connectivity index (χ0) is 12.3. The van der Waals surface area contributed by atoms with Crippen LogP contribution in [0.25, 0.3) is 0 Å². The SMILES string of the molecule is Cc1ccc(CNCc2ncn(C)n2)c(Cl)c1. The first kappa shape index (κ1) is 12.1. The Morgan fingerprint density at radius 3 is 2.82 bits per heavy atom. The Bertz CT molecular complexity index is 507. The van der Waals surface area contributed by atoms with Crippen LogP contribution in [0.4, 0.5) is 0 Å². The number of halogens is 1. The molecule has 1 aromatic carbocycles. The summed E-state index contributed by atoms with van der Waals surface area (Å²) >= 11 is 6.14. The van der Waals surface area contributed by atoms with E-state index in [0.29, 0.717) is 6.54 Å². The van der Waals surface area contributed by atoms with Gasteiger partial charge in [-0.15, -0.1) is 0 Å². The van der Waals surface area contributed by atoms with Crippen molar-refractivity contribution in [2.75, 3.05) is 0 Å². The number of benzene rings is 1. The second kappa shape index (κ2) is 5.29. The lowest BCUT2D eigenvalue weighted by Crippen LogP contribution is -2.14. The molecule has 0 fully saturated rings. The molecule has 0 unspecified atom stereocenters. The molecule has 0 aliphatic heterocycles. The molecule has 0 aliphatic rings. The van der Waals surface area contributed by atoms with E-state index in [1.54, 1.807) is 11.0 Å². The van der Waals surface area contributed by atoms with Gasteiger partial charge >= 0.3 is 0 Å². The summed E-state index contributed by atoms with van der Waals surface area (Å²) in [5, 5.41) is 8.25. The molecule has 0 saturated carbocycles. The summed E-state index contributed by atoms with van der Waals surface area (Å²) in [6.45, 7) is 3.39. The molecule has 2 rings (SSSR count). The third-order valence-corrected chi connectivity index (χ3v) is 2.81. The first-order valence-electron chi connectivity index (χ1n) is 5.45. The van der Waals surface area contributed by atoms with Gasteiger partial charge in [0.1, 0.15) is 6.33 Å². The van der Waals surface area contributed by atoms with Crippen LogP contribution in [0, 0.1) is 6.92 Å². The summed E-state index contributed by atoms with van der Waals surface area (Å²) in [4.78, 5) is 4.14. The van der Waals surface area contributed by atoms with Crippen LogP contribution in [0.5, 0.6) is 0 Å². The van der Waals surface area contributed by atoms with E-state index in [1.165, 1.54) is 5.56 Å². The predicted octanol–water partition coefficient (Wildman–Crippen LogP) is 2.07. The fourth-order valence-corrected chi connectivity index (χ4v) is 1.87. The monoisotopic (exact) mass is 250 g/mol. The Labute approximate surface area is 106 Å². The van der Waals surface area contributed by atoms with Crippen LogP contribution in [-0.4, -0.2) is 14.8 Å². The Kier molecular flexibility index (Phi) is 3.76. The molecular formula is C12H15ClN4. The zero-order valence-electron chi connectivity index (χ0n) is 9.94. The molecule has 1 heterocycles. The maximum Gasteiger partial charge on any atom is 0.164 e. The standard InChI is InChI=1S/C12H15ClN4/c1-9-3-4-10(11(13)5-9)6-14-7-12-15-8-17(2)16-12/h3-5,8,14H,6-7H2,1-2H3. The quantitative estimate of drug-likeness (QED) is 0.903. The lowest BCUT2D eigenvalue weighted by atomic mass is 10.1. The number of nitrogens with zero attached hydrogens (tertiary/aromatic N) is 3. The lowest BCUT2D eigenvalue weighted by molar-refractivity contribution is 0.649. The first-order chi connectivity index (χ1) is 8.15. The number of aryl methyl sites for hydroxylation is 2. The molecule has 0 spiro atoms. The highest BCUT2D eigenvalue weighted by Crippen LogP contribution is 2.17. The van der Waals surface area contributed by atoms with Crippen molar-refractivity contribution >= 4 is 11.6 Å². The molecular weight excluding hydrogens is 236 g/mol. The summed E-state index contributed by atoms with van der Waals surface area (Å²) in [6, 6.07) is 6.07. The van der Waals surface area contributed by atoms with E-state index in [0.717, 1.165) is 23.0 Å². The zero-order valence-corrected chi connectivity index (χ0v) is 10.7. The van der Waals surface area contributed by atoms with Crippen molar-refractivity contribution in [1.82, 2.24) is 20.1 Å². The van der Waals surface area contributed by atoms with Crippen molar-refractivity contribution in [2.45, 2.75) is 20.0 Å². The molecule has 0 bridgehead atoms. The van der Waals surface area contributed by atoms with E-state index in [1.807, 2.05) is 26.1 Å². The van der Waals surface area contributed by atoms with Gasteiger partial charge in [-0.25, -0.2) is 4.98 Å². The Morgan fingerprint density at radius 1 is 1.35 bits per heavy atom. The van der Waals surface area contributed by atoms with Crippen molar-refractivity contribution in [1.29, 1.82) is 0 Å². The van der Waals surface area contributed by atoms with Crippen molar-refractivity contribution in [3.63, 3.8) is 0 Å². The molecule has 5 heteroatoms. The van der Waals surface area contributed by atoms with Gasteiger partial charge in [0.15, 0.2) is 5.82 Å². The second-order valence-corrected chi connectivity index (χ2v) is 4.44. The molecule has 0 amide bonds. The maximum absolute atomic E-state index is 6.14. The van der Waals surface area contributed by atoms with E-state index >= 15 is 0 Å². The van der Waals surface area contributed by atoms with Crippen LogP contribution in [0.15, 0.2) is 24.5 Å². The van der Waals surface area contributed by atoms with Gasteiger partial charge in [0.05, 0.1) is 6.54 Å². The van der Waals surface area contributed by atoms with Crippen LogP contribution < -0.4 is 5.32 Å². The van der Waals surface area contributed by atoms with Gasteiger partial charge in [0.2, 0.25) is 0 Å². The topological polar surface area (TPSA) is 42.7 Å². The van der Waals surface area contributed by atoms with Gasteiger partial charge in [-0.3, -0.25) is 4.68 Å². The van der Waals surface area contributed by atoms with Crippen LogP contribution in [0.2, 0.25) is 5.02 Å². The van der Waals surface area contributed by atoms with E-state index in [4.69, 9.17) is 11.6 Å². The molecule has 1 aromatic heterocycles. The number of nitrogens with one attached hydrogen (secondary N) is 1. The maximum atomic E-state index is 6.14. The highest BCUT2D eigenvalue weighted by atomic mass is 35.5. The average Bonchev–Trinajstić information content (AvgIpc) is 2.68. The molecule has 0 radical (unpaired) electrons. The summed E-state index contributed by atoms with van der Waals surface area (Å²) < 4.78 is 1.69. The number of aromatic nitrogens is 3. The number of hydrogen-bond donors (Lipinski definition) is 1. The normalized spacial score (nSPS) is 10.8. The molecule has 1 N–H and O–H groups in total. The smallest absolute Gasteiger partial charge is 0.164 e. The second-order valence-electron chi connectivity index (χ2n) is 4.03. The van der Waals surface area contributed by atoms with Gasteiger partial charge in [0.25, 0.3) is 0 Å². The van der Waals surface area contributed by atoms with Crippen LogP contribution >= 0.6 is 11.6 Å². The fraction of sp³-hybridized carbons (Fsp3) is 0.333. The summed E-state index contributed by atoms with van der Waals surface area (Å²) in [5.74, 6) is 0.788. The summed E-state index contributed by atoms with van der Waals surface area (Å²) in [5.41, 5.74) is 2.26. The van der Waals surface area contributed by atoms with Gasteiger partial charge < -0.3 is 5.32 Å². The van der Waals surface area contributed by atoms with Crippen molar-refractivity contribution in [2.24, 2.45) is 7.05 Å². The minimum atomic E-state index is 0.644. The predicted molar refractivity (Wildman–Crippen MR) is 67.7 cm³/mol. The number of rotatable bonds is 4. The van der Waals surface area contributed by atoms with Crippen LogP contribution in [0.1, 0.15) is 17.0 Å². The average molecular weight is 251 g/mol. The first-order valence-corrected chi connectivity index (χ1v) is 5.83. The van der Waals surface area contributed by atoms with Gasteiger partial charge in [-0.05, 0) is 24.1 Å². The fourth-order valence-electron chi connectivity index (χ4n) is 1.57. The van der Waals surface area contributed by atoms with Crippen molar-refractivity contribution in [3.8, 4) is 0 Å². The Hall–Kier alpha value is -1.39. The molecule has 17 heavy (non-hydrogen) atoms. The summed E-state index contributed by atoms with van der Waals surface area (Å²) in [6.07, 6.45) is 1.69. The summed E-state index contributed by atoms with van der Waals surface area (Å²) in [7, 11) is 1.85. The molecule has 90 valence electrons. The van der Waals surface area contributed by atoms with E-state index in [2.05, 4.69) is 21.5 Å². The highest BCUT2D eigenvalue weighted by molar-refractivity contribution is 6.31. The van der Waals surface area contributed by atoms with Crippen molar-refractivity contribution in [3.05, 3.63) is 46.5 Å². The number of hydrogen-bond acceptors (Lipinski definition) is 3. The van der Waals surface area contributed by atoms with E-state index in [-0.39, 0.29) is 0 Å². The molecule has 0 atom stereocenters. The van der Waals surface area contributed by atoms with Crippen LogP contribution in [0.3, 0.4) is 0 Å². The van der Waals surface area contributed by atoms with E-state index in [9.17, 15) is 0 Å². The van der Waals surface area contributed by atoms with Crippen molar-refractivity contribution < 1.29 is 0 Å². The minimum Gasteiger partial charge on any atom is -0.306 e. The molecule has 2 aromatic rings. The molecule has 0 aliphatic carbocycles.